The quantitative estimate of drug-likeness (QED) is 0.485. The van der Waals surface area contributed by atoms with E-state index < -0.39 is 34.5 Å². The zero-order valence-corrected chi connectivity index (χ0v) is 23.2. The van der Waals surface area contributed by atoms with Gasteiger partial charge in [0.2, 0.25) is 0 Å². The van der Waals surface area contributed by atoms with Crippen LogP contribution in [0.15, 0.2) is 59.7 Å². The van der Waals surface area contributed by atoms with E-state index in [2.05, 4.69) is 10.3 Å². The van der Waals surface area contributed by atoms with E-state index in [0.29, 0.717) is 50.3 Å². The number of hydrogen-bond acceptors (Lipinski definition) is 5. The first kappa shape index (κ1) is 28.4. The van der Waals surface area contributed by atoms with Gasteiger partial charge in [-0.3, -0.25) is 9.36 Å². The number of benzene rings is 2. The number of urea groups is 1. The van der Waals surface area contributed by atoms with Crippen LogP contribution < -0.4 is 10.9 Å². The highest BCUT2D eigenvalue weighted by atomic mass is 19.1. The summed E-state index contributed by atoms with van der Waals surface area (Å²) in [5.41, 5.74) is -1.28. The molecule has 42 heavy (non-hydrogen) atoms. The normalized spacial score (nSPS) is 23.9. The average molecular weight is 582 g/mol. The Balaban J connectivity index is 1.23. The highest BCUT2D eigenvalue weighted by Crippen LogP contribution is 2.52. The number of hydrogen-bond donors (Lipinski definition) is 2. The van der Waals surface area contributed by atoms with Crippen molar-refractivity contribution in [2.75, 3.05) is 32.7 Å². The van der Waals surface area contributed by atoms with Gasteiger partial charge in [0, 0.05) is 55.3 Å². The molecule has 222 valence electrons. The van der Waals surface area contributed by atoms with Crippen molar-refractivity contribution < 1.29 is 23.1 Å². The average Bonchev–Trinajstić information content (AvgIpc) is 3.46. The Morgan fingerprint density at radius 3 is 2.57 bits per heavy atom. The number of rotatable bonds is 4. The fourth-order valence-corrected chi connectivity index (χ4v) is 7.06. The Bertz CT molecular complexity index is 1540. The summed E-state index contributed by atoms with van der Waals surface area (Å²) in [6.45, 7) is 1.75. The fourth-order valence-electron chi connectivity index (χ4n) is 7.06. The first-order valence-electron chi connectivity index (χ1n) is 14.4. The van der Waals surface area contributed by atoms with Gasteiger partial charge < -0.3 is 20.2 Å². The van der Waals surface area contributed by atoms with Gasteiger partial charge in [-0.2, -0.15) is 0 Å². The first-order chi connectivity index (χ1) is 20.2. The minimum Gasteiger partial charge on any atom is -0.387 e. The third-order valence-corrected chi connectivity index (χ3v) is 9.35. The van der Waals surface area contributed by atoms with E-state index in [1.165, 1.54) is 29.1 Å². The summed E-state index contributed by atoms with van der Waals surface area (Å²) in [6.07, 6.45) is 4.81. The number of amides is 2. The molecule has 2 aromatic carbocycles. The van der Waals surface area contributed by atoms with Gasteiger partial charge in [0.25, 0.3) is 5.56 Å². The van der Waals surface area contributed by atoms with Crippen LogP contribution in [-0.4, -0.2) is 68.8 Å². The molecule has 3 fully saturated rings. The highest BCUT2D eigenvalue weighted by molar-refractivity contribution is 5.75. The van der Waals surface area contributed by atoms with Gasteiger partial charge in [-0.25, -0.2) is 22.9 Å². The molecule has 0 unspecified atom stereocenters. The second-order valence-corrected chi connectivity index (χ2v) is 11.8. The van der Waals surface area contributed by atoms with Gasteiger partial charge in [-0.1, -0.05) is 25.0 Å². The Kier molecular flexibility index (Phi) is 7.57. The second-order valence-electron chi connectivity index (χ2n) is 11.8. The molecule has 11 heteroatoms. The molecule has 3 heterocycles. The van der Waals surface area contributed by atoms with Crippen LogP contribution in [0.2, 0.25) is 0 Å². The Morgan fingerprint density at radius 1 is 1.02 bits per heavy atom. The second kappa shape index (κ2) is 11.2. The van der Waals surface area contributed by atoms with Crippen molar-refractivity contribution in [2.24, 2.45) is 5.41 Å². The first-order valence-corrected chi connectivity index (χ1v) is 14.4. The number of aliphatic hydroxyl groups is 1. The Morgan fingerprint density at radius 2 is 1.81 bits per heavy atom. The molecule has 3 aromatic rings. The molecule has 8 nitrogen and oxygen atoms in total. The molecule has 2 saturated heterocycles. The summed E-state index contributed by atoms with van der Waals surface area (Å²) in [7, 11) is 0. The molecular formula is C31H34F3N5O3. The zero-order chi connectivity index (χ0) is 29.5. The molecule has 1 aromatic heterocycles. The van der Waals surface area contributed by atoms with Gasteiger partial charge in [-0.15, -0.1) is 0 Å². The van der Waals surface area contributed by atoms with Crippen molar-refractivity contribution >= 4 is 6.03 Å². The Hall–Kier alpha value is -3.70. The summed E-state index contributed by atoms with van der Waals surface area (Å²) < 4.78 is 43.8. The highest BCUT2D eigenvalue weighted by Gasteiger charge is 2.56. The number of piperidine rings is 1. The van der Waals surface area contributed by atoms with Crippen LogP contribution in [-0.2, 0) is 6.54 Å². The van der Waals surface area contributed by atoms with E-state index >= 15 is 0 Å². The Labute approximate surface area is 241 Å². The molecule has 2 amide bonds. The van der Waals surface area contributed by atoms with Gasteiger partial charge in [-0.05, 0) is 49.6 Å². The van der Waals surface area contributed by atoms with E-state index in [-0.39, 0.29) is 36.7 Å². The van der Waals surface area contributed by atoms with Crippen molar-refractivity contribution in [1.29, 1.82) is 0 Å². The molecular weight excluding hydrogens is 547 g/mol. The number of likely N-dealkylation sites (tertiary alicyclic amines) is 1. The lowest BCUT2D eigenvalue weighted by molar-refractivity contribution is -0.137. The largest absolute Gasteiger partial charge is 0.387 e. The molecule has 1 saturated carbocycles. The maximum absolute atomic E-state index is 14.7. The number of aromatic nitrogens is 2. The summed E-state index contributed by atoms with van der Waals surface area (Å²) in [5, 5.41) is 15.3. The minimum atomic E-state index is -1.26. The summed E-state index contributed by atoms with van der Waals surface area (Å²) in [4.78, 5) is 34.7. The summed E-state index contributed by atoms with van der Waals surface area (Å²) in [6, 6.07) is 9.56. The molecule has 6 rings (SSSR count). The van der Waals surface area contributed by atoms with Crippen LogP contribution in [0, 0.1) is 22.9 Å². The topological polar surface area (TPSA) is 90.7 Å². The summed E-state index contributed by atoms with van der Waals surface area (Å²) >= 11 is 0. The van der Waals surface area contributed by atoms with E-state index in [1.807, 2.05) is 0 Å². The van der Waals surface area contributed by atoms with Crippen LogP contribution >= 0.6 is 0 Å². The third-order valence-electron chi connectivity index (χ3n) is 9.35. The van der Waals surface area contributed by atoms with Crippen LogP contribution in [0.1, 0.15) is 43.7 Å². The monoisotopic (exact) mass is 581 g/mol. The van der Waals surface area contributed by atoms with Crippen LogP contribution in [0.5, 0.6) is 0 Å². The maximum Gasteiger partial charge on any atom is 0.320 e. The molecule has 2 N–H and O–H groups in total. The number of nitrogens with zero attached hydrogens (tertiary/aromatic N) is 4. The molecule has 0 bridgehead atoms. The van der Waals surface area contributed by atoms with Gasteiger partial charge in [0.05, 0.1) is 30.2 Å². The molecule has 1 spiro atoms. The van der Waals surface area contributed by atoms with Crippen LogP contribution in [0.3, 0.4) is 0 Å². The lowest BCUT2D eigenvalue weighted by atomic mass is 9.66. The van der Waals surface area contributed by atoms with Crippen molar-refractivity contribution in [3.8, 4) is 11.3 Å². The molecule has 2 atom stereocenters. The van der Waals surface area contributed by atoms with E-state index in [9.17, 15) is 27.9 Å². The van der Waals surface area contributed by atoms with Crippen LogP contribution in [0.25, 0.3) is 11.3 Å². The predicted molar refractivity (Wildman–Crippen MR) is 150 cm³/mol. The molecule has 3 aliphatic rings. The van der Waals surface area contributed by atoms with E-state index in [0.717, 1.165) is 31.0 Å². The van der Waals surface area contributed by atoms with Crippen molar-refractivity contribution in [1.82, 2.24) is 24.7 Å². The summed E-state index contributed by atoms with van der Waals surface area (Å²) in [5.74, 6) is -1.55. The number of nitrogens with one attached hydrogen (secondary N) is 1. The third kappa shape index (κ3) is 5.20. The SMILES string of the molecule is O=C(N1CC[C@@](O)(Cn2cnc(-c3cccc(F)c3)cc2=O)C2(CCCC2)C1)N1CCNC[C@H]1c1cc(F)ccc1F. The maximum atomic E-state index is 14.7. The number of piperazine rings is 1. The molecule has 2 aliphatic heterocycles. The lowest BCUT2D eigenvalue weighted by Gasteiger charge is -2.53. The predicted octanol–water partition coefficient (Wildman–Crippen LogP) is 4.09. The number of carbonyl (C=O) groups is 1. The van der Waals surface area contributed by atoms with Crippen molar-refractivity contribution in [3.63, 3.8) is 0 Å². The molecule has 0 radical (unpaired) electrons. The standard InChI is InChI=1S/C31H34F3N5O3/c32-22-5-3-4-21(14-22)26-16-28(40)38(20-36-26)19-31(42)10-12-37(18-30(31)8-1-2-9-30)29(41)39-13-11-35-17-27(39)24-15-23(33)6-7-25(24)34/h3-7,14-16,20,27,35,42H,1-2,8-13,17-19H2/t27-,31+/m0/s1. The lowest BCUT2D eigenvalue weighted by Crippen LogP contribution is -2.64. The van der Waals surface area contributed by atoms with Crippen molar-refractivity contribution in [2.45, 2.75) is 50.3 Å². The molecule has 1 aliphatic carbocycles. The zero-order valence-electron chi connectivity index (χ0n) is 23.2. The minimum absolute atomic E-state index is 0.0229. The van der Waals surface area contributed by atoms with Gasteiger partial charge in [0.1, 0.15) is 17.5 Å². The smallest absolute Gasteiger partial charge is 0.320 e. The van der Waals surface area contributed by atoms with Gasteiger partial charge >= 0.3 is 6.03 Å². The van der Waals surface area contributed by atoms with E-state index in [1.54, 1.807) is 21.9 Å². The van der Waals surface area contributed by atoms with E-state index in [4.69, 9.17) is 0 Å². The fraction of sp³-hybridized carbons (Fsp3) is 0.452. The number of carbonyl (C=O) groups excluding carboxylic acids is 1. The van der Waals surface area contributed by atoms with Crippen molar-refractivity contribution in [3.05, 3.63) is 88.2 Å². The van der Waals surface area contributed by atoms with Crippen LogP contribution in [0.4, 0.5) is 18.0 Å². The van der Waals surface area contributed by atoms with Gasteiger partial charge in [0.15, 0.2) is 0 Å². The number of halogens is 3.